The molecule has 6 rings (SSSR count). The van der Waals surface area contributed by atoms with E-state index in [1.54, 1.807) is 6.33 Å². The summed E-state index contributed by atoms with van der Waals surface area (Å²) in [4.78, 5) is 21.9. The first-order chi connectivity index (χ1) is 24.3. The van der Waals surface area contributed by atoms with Gasteiger partial charge in [0.05, 0.1) is 5.52 Å². The maximum Gasteiger partial charge on any atom is 0.164 e. The summed E-state index contributed by atoms with van der Waals surface area (Å²) in [5, 5.41) is 17.4. The number of fused-ring (bicyclic) bond motifs is 6. The van der Waals surface area contributed by atoms with Gasteiger partial charge in [-0.2, -0.15) is 0 Å². The van der Waals surface area contributed by atoms with Crippen LogP contribution in [0.15, 0.2) is 84.9 Å². The summed E-state index contributed by atoms with van der Waals surface area (Å²) in [5.41, 5.74) is 4.93. The average molecular weight is 875 g/mol. The summed E-state index contributed by atoms with van der Waals surface area (Å²) in [6.45, 7) is 21.1. The van der Waals surface area contributed by atoms with Crippen molar-refractivity contribution < 1.29 is 30.0 Å². The van der Waals surface area contributed by atoms with Crippen LogP contribution >= 0.6 is 0 Å². The molecule has 1 N–H and O–H groups in total. The smallest absolute Gasteiger partial charge is 0.164 e. The Morgan fingerprint density at radius 3 is 2.06 bits per heavy atom. The van der Waals surface area contributed by atoms with Crippen molar-refractivity contribution in [2.45, 2.75) is 107 Å². The van der Waals surface area contributed by atoms with Crippen molar-refractivity contribution in [3.8, 4) is 11.3 Å². The molecule has 1 radical (unpaired) electrons. The van der Waals surface area contributed by atoms with Crippen molar-refractivity contribution in [3.63, 3.8) is 0 Å². The van der Waals surface area contributed by atoms with Crippen LogP contribution in [0.25, 0.3) is 54.7 Å². The molecule has 0 saturated carbocycles. The molecule has 0 aliphatic heterocycles. The Labute approximate surface area is 324 Å². The molecule has 0 unspecified atom stereocenters. The van der Waals surface area contributed by atoms with Crippen LogP contribution in [0.2, 0.25) is 0 Å². The number of nitrogens with zero attached hydrogens (tertiary/aromatic N) is 3. The second kappa shape index (κ2) is 16.9. The minimum absolute atomic E-state index is 0. The Kier molecular flexibility index (Phi) is 13.3. The van der Waals surface area contributed by atoms with Gasteiger partial charge in [0.15, 0.2) is 5.78 Å². The van der Waals surface area contributed by atoms with Gasteiger partial charge in [-0.3, -0.25) is 9.78 Å². The van der Waals surface area contributed by atoms with Gasteiger partial charge in [0.2, 0.25) is 0 Å². The van der Waals surface area contributed by atoms with Gasteiger partial charge in [0.25, 0.3) is 0 Å². The van der Waals surface area contributed by atoms with E-state index in [0.717, 1.165) is 59.8 Å². The maximum absolute atomic E-state index is 12.2. The summed E-state index contributed by atoms with van der Waals surface area (Å²) in [5.74, 6) is 0.852. The fraction of sp³-hybridized carbons (Fsp3) is 0.413. The maximum atomic E-state index is 12.2. The van der Waals surface area contributed by atoms with Crippen LogP contribution in [-0.2, 0) is 31.3 Å². The summed E-state index contributed by atoms with van der Waals surface area (Å²) >= 11 is 0. The molecular weight excluding hydrogens is 819 g/mol. The molecule has 0 aliphatic carbocycles. The molecular formula is C46H56IrN3O2-. The Bertz CT molecular complexity index is 2200. The number of aromatic nitrogens is 3. The number of hydrogen-bond acceptors (Lipinski definition) is 4. The number of carbonyl (C=O) groups is 1. The minimum atomic E-state index is -0.337. The molecule has 52 heavy (non-hydrogen) atoms. The van der Waals surface area contributed by atoms with Crippen LogP contribution in [0.1, 0.15) is 107 Å². The number of aliphatic hydroxyl groups is 1. The van der Waals surface area contributed by atoms with Crippen LogP contribution in [0.3, 0.4) is 0 Å². The standard InChI is InChI=1S/C31H28N3.C15H28O2.Ir/c1-19(2)15-23-17-24(16-22-10-6-7-11-25(22)23)30-29-28-26-12-8-5-9-21(26)13-14-27(28)34(20(3)4)31(29)33-18-32-30;1-7-14(5,8-2)12(16)11-13(17)15(6,9-3)10-4;/h5-14,17-20H,15H2,1-4H3;11,16H,7-10H2,1-6H3;/q-1;;/b;12-11-;. The molecule has 2 aromatic heterocycles. The van der Waals surface area contributed by atoms with Crippen LogP contribution in [0.4, 0.5) is 0 Å². The van der Waals surface area contributed by atoms with Gasteiger partial charge >= 0.3 is 0 Å². The number of benzene rings is 4. The molecule has 6 aromatic rings. The number of allylic oxidation sites excluding steroid dienone is 2. The molecule has 0 saturated heterocycles. The summed E-state index contributed by atoms with van der Waals surface area (Å²) in [7, 11) is 0. The van der Waals surface area contributed by atoms with E-state index in [1.807, 2.05) is 41.5 Å². The van der Waals surface area contributed by atoms with Gasteiger partial charge in [-0.05, 0) is 68.7 Å². The molecule has 0 fully saturated rings. The van der Waals surface area contributed by atoms with E-state index in [0.29, 0.717) is 5.92 Å². The zero-order chi connectivity index (χ0) is 37.1. The molecule has 0 atom stereocenters. The van der Waals surface area contributed by atoms with Crippen LogP contribution in [0, 0.1) is 22.8 Å². The van der Waals surface area contributed by atoms with Crippen LogP contribution < -0.4 is 0 Å². The fourth-order valence-electron chi connectivity index (χ4n) is 7.08. The second-order valence-electron chi connectivity index (χ2n) is 15.3. The largest absolute Gasteiger partial charge is 0.512 e. The molecule has 0 spiro atoms. The zero-order valence-electron chi connectivity index (χ0n) is 32.7. The van der Waals surface area contributed by atoms with Crippen molar-refractivity contribution >= 4 is 49.3 Å². The van der Waals surface area contributed by atoms with E-state index in [-0.39, 0.29) is 48.5 Å². The van der Waals surface area contributed by atoms with Gasteiger partial charge in [-0.1, -0.05) is 115 Å². The van der Waals surface area contributed by atoms with E-state index in [1.165, 1.54) is 38.7 Å². The SMILES string of the molecule is CC(C)Cc1cc(-c2ncnc3c2c2c4ccccc4ccc2n3C(C)C)[c-]c2ccccc12.CCC(C)(CC)C(=O)/C=C(\O)C(C)(CC)CC.[Ir]. The molecule has 0 bridgehead atoms. The quantitative estimate of drug-likeness (QED) is 0.0800. The minimum Gasteiger partial charge on any atom is -0.512 e. The Morgan fingerprint density at radius 2 is 1.44 bits per heavy atom. The van der Waals surface area contributed by atoms with Crippen molar-refractivity contribution in [1.82, 2.24) is 14.5 Å². The molecule has 277 valence electrons. The van der Waals surface area contributed by atoms with E-state index in [9.17, 15) is 9.90 Å². The van der Waals surface area contributed by atoms with E-state index in [4.69, 9.17) is 9.97 Å². The van der Waals surface area contributed by atoms with Crippen molar-refractivity contribution in [1.29, 1.82) is 0 Å². The summed E-state index contributed by atoms with van der Waals surface area (Å²) in [6.07, 6.45) is 7.49. The Balaban J connectivity index is 0.000000289. The van der Waals surface area contributed by atoms with Crippen LogP contribution in [-0.4, -0.2) is 25.4 Å². The second-order valence-corrected chi connectivity index (χ2v) is 15.3. The fourth-order valence-corrected chi connectivity index (χ4v) is 7.08. The van der Waals surface area contributed by atoms with Crippen molar-refractivity contribution in [2.24, 2.45) is 16.7 Å². The third-order valence-electron chi connectivity index (χ3n) is 11.3. The predicted molar refractivity (Wildman–Crippen MR) is 216 cm³/mol. The molecule has 0 aliphatic rings. The van der Waals surface area contributed by atoms with E-state index in [2.05, 4.69) is 105 Å². The number of ketones is 1. The summed E-state index contributed by atoms with van der Waals surface area (Å²) in [6, 6.07) is 27.9. The van der Waals surface area contributed by atoms with Gasteiger partial charge < -0.3 is 9.67 Å². The topological polar surface area (TPSA) is 68.0 Å². The summed E-state index contributed by atoms with van der Waals surface area (Å²) < 4.78 is 2.35. The average Bonchev–Trinajstić information content (AvgIpc) is 3.49. The van der Waals surface area contributed by atoms with Gasteiger partial charge in [-0.25, -0.2) is 4.98 Å². The number of hydrogen-bond donors (Lipinski definition) is 1. The van der Waals surface area contributed by atoms with Crippen molar-refractivity contribution in [2.75, 3.05) is 0 Å². The van der Waals surface area contributed by atoms with E-state index >= 15 is 0 Å². The molecule has 0 amide bonds. The van der Waals surface area contributed by atoms with Gasteiger partial charge in [0, 0.05) is 59.5 Å². The Morgan fingerprint density at radius 1 is 0.827 bits per heavy atom. The monoisotopic (exact) mass is 875 g/mol. The van der Waals surface area contributed by atoms with Crippen molar-refractivity contribution in [3.05, 3.63) is 96.5 Å². The third-order valence-corrected chi connectivity index (χ3v) is 11.3. The molecule has 2 heterocycles. The first kappa shape index (κ1) is 40.9. The molecule has 5 nitrogen and oxygen atoms in total. The predicted octanol–water partition coefficient (Wildman–Crippen LogP) is 12.8. The normalized spacial score (nSPS) is 12.5. The third kappa shape index (κ3) is 7.89. The molecule has 6 heteroatoms. The Hall–Kier alpha value is -3.86. The molecule has 4 aromatic carbocycles. The van der Waals surface area contributed by atoms with E-state index < -0.39 is 0 Å². The zero-order valence-corrected chi connectivity index (χ0v) is 35.1. The number of aliphatic hydroxyl groups excluding tert-OH is 1. The first-order valence-corrected chi connectivity index (χ1v) is 18.9. The number of rotatable bonds is 11. The number of carbonyl (C=O) groups excluding carboxylic acids is 1. The van der Waals surface area contributed by atoms with Gasteiger partial charge in [0.1, 0.15) is 17.7 Å². The first-order valence-electron chi connectivity index (χ1n) is 18.9. The van der Waals surface area contributed by atoms with Crippen LogP contribution in [0.5, 0.6) is 0 Å². The van der Waals surface area contributed by atoms with Gasteiger partial charge in [-0.15, -0.1) is 29.1 Å².